The van der Waals surface area contributed by atoms with E-state index in [0.29, 0.717) is 17.5 Å². The number of aryl methyl sites for hydroxylation is 2. The lowest BCUT2D eigenvalue weighted by molar-refractivity contribution is -0.137. The highest BCUT2D eigenvalue weighted by Gasteiger charge is 2.22. The molecule has 0 aliphatic carbocycles. The molecule has 1 aromatic heterocycles. The number of likely N-dealkylation sites (N-methyl/N-ethyl adjacent to an activating group) is 1. The minimum Gasteiger partial charge on any atom is -0.481 e. The molecule has 3 aromatic rings. The number of benzene rings is 2. The van der Waals surface area contributed by atoms with Crippen LogP contribution in [0.15, 0.2) is 47.0 Å². The van der Waals surface area contributed by atoms with Gasteiger partial charge in [-0.05, 0) is 44.9 Å². The number of aromatic nitrogens is 2. The summed E-state index contributed by atoms with van der Waals surface area (Å²) >= 11 is 0. The van der Waals surface area contributed by atoms with Crippen molar-refractivity contribution in [2.75, 3.05) is 7.05 Å². The molecule has 3 rings (SSSR count). The maximum atomic E-state index is 12.7. The van der Waals surface area contributed by atoms with E-state index in [0.717, 1.165) is 22.3 Å². The van der Waals surface area contributed by atoms with E-state index in [2.05, 4.69) is 10.1 Å². The van der Waals surface area contributed by atoms with Gasteiger partial charge in [-0.3, -0.25) is 4.79 Å². The van der Waals surface area contributed by atoms with Crippen LogP contribution in [0.3, 0.4) is 0 Å². The van der Waals surface area contributed by atoms with Crippen LogP contribution in [0.5, 0.6) is 5.75 Å². The summed E-state index contributed by atoms with van der Waals surface area (Å²) in [5.74, 6) is 1.45. The van der Waals surface area contributed by atoms with Crippen LogP contribution in [0.1, 0.15) is 29.5 Å². The summed E-state index contributed by atoms with van der Waals surface area (Å²) in [6, 6.07) is 13.7. The number of ether oxygens (including phenoxy) is 1. The SMILES string of the molecule is Cc1ccc(-c2noc(CN(C)C(=O)[C@@H](C)Oc3cccc(C)c3C)n2)cc1. The fourth-order valence-electron chi connectivity index (χ4n) is 2.82. The lowest BCUT2D eigenvalue weighted by Crippen LogP contribution is -2.37. The van der Waals surface area contributed by atoms with Gasteiger partial charge in [0.2, 0.25) is 11.7 Å². The Morgan fingerprint density at radius 2 is 1.86 bits per heavy atom. The third kappa shape index (κ3) is 4.39. The van der Waals surface area contributed by atoms with Gasteiger partial charge in [-0.25, -0.2) is 0 Å². The lowest BCUT2D eigenvalue weighted by atomic mass is 10.1. The standard InChI is InChI=1S/C22H25N3O3/c1-14-9-11-18(12-10-14)21-23-20(28-24-21)13-25(5)22(26)17(4)27-19-8-6-7-15(2)16(19)3/h6-12,17H,13H2,1-5H3/t17-/m1/s1. The average Bonchev–Trinajstić information content (AvgIpc) is 3.13. The molecule has 0 bridgehead atoms. The molecule has 146 valence electrons. The minimum atomic E-state index is -0.620. The molecule has 0 saturated carbocycles. The second-order valence-electron chi connectivity index (χ2n) is 7.03. The van der Waals surface area contributed by atoms with Crippen molar-refractivity contribution in [3.63, 3.8) is 0 Å². The van der Waals surface area contributed by atoms with Gasteiger partial charge in [0.25, 0.3) is 5.91 Å². The van der Waals surface area contributed by atoms with Crippen molar-refractivity contribution in [2.45, 2.75) is 40.3 Å². The fourth-order valence-corrected chi connectivity index (χ4v) is 2.82. The summed E-state index contributed by atoms with van der Waals surface area (Å²) in [7, 11) is 1.70. The molecule has 0 unspecified atom stereocenters. The highest BCUT2D eigenvalue weighted by atomic mass is 16.5. The van der Waals surface area contributed by atoms with E-state index in [1.54, 1.807) is 14.0 Å². The first-order valence-corrected chi connectivity index (χ1v) is 9.22. The number of nitrogens with zero attached hydrogens (tertiary/aromatic N) is 3. The van der Waals surface area contributed by atoms with E-state index < -0.39 is 6.10 Å². The summed E-state index contributed by atoms with van der Waals surface area (Å²) in [5.41, 5.74) is 4.20. The smallest absolute Gasteiger partial charge is 0.263 e. The van der Waals surface area contributed by atoms with Crippen molar-refractivity contribution in [1.82, 2.24) is 15.0 Å². The Bertz CT molecular complexity index is 963. The van der Waals surface area contributed by atoms with Crippen LogP contribution in [0.4, 0.5) is 0 Å². The molecule has 0 spiro atoms. The number of carbonyl (C=O) groups excluding carboxylic acids is 1. The zero-order valence-electron chi connectivity index (χ0n) is 16.9. The zero-order chi connectivity index (χ0) is 20.3. The van der Waals surface area contributed by atoms with Crippen molar-refractivity contribution in [2.24, 2.45) is 0 Å². The van der Waals surface area contributed by atoms with Crippen molar-refractivity contribution in [3.8, 4) is 17.1 Å². The Labute approximate surface area is 165 Å². The van der Waals surface area contributed by atoms with Gasteiger partial charge in [-0.15, -0.1) is 0 Å². The monoisotopic (exact) mass is 379 g/mol. The summed E-state index contributed by atoms with van der Waals surface area (Å²) in [6.45, 7) is 7.98. The molecule has 6 heteroatoms. The molecule has 28 heavy (non-hydrogen) atoms. The van der Waals surface area contributed by atoms with Crippen molar-refractivity contribution < 1.29 is 14.1 Å². The van der Waals surface area contributed by atoms with Gasteiger partial charge in [-0.1, -0.05) is 47.1 Å². The summed E-state index contributed by atoms with van der Waals surface area (Å²) in [5, 5.41) is 4.01. The minimum absolute atomic E-state index is 0.156. The van der Waals surface area contributed by atoms with E-state index in [-0.39, 0.29) is 12.5 Å². The molecular formula is C22H25N3O3. The number of carbonyl (C=O) groups is 1. The van der Waals surface area contributed by atoms with E-state index in [4.69, 9.17) is 9.26 Å². The third-order valence-electron chi connectivity index (χ3n) is 4.73. The number of hydrogen-bond donors (Lipinski definition) is 0. The first-order valence-electron chi connectivity index (χ1n) is 9.22. The van der Waals surface area contributed by atoms with E-state index in [9.17, 15) is 4.79 Å². The summed E-state index contributed by atoms with van der Waals surface area (Å²) in [6.07, 6.45) is -0.620. The van der Waals surface area contributed by atoms with Gasteiger partial charge >= 0.3 is 0 Å². The molecule has 6 nitrogen and oxygen atoms in total. The van der Waals surface area contributed by atoms with Crippen LogP contribution in [-0.4, -0.2) is 34.1 Å². The maximum absolute atomic E-state index is 12.7. The van der Waals surface area contributed by atoms with Gasteiger partial charge in [-0.2, -0.15) is 4.98 Å². The first-order chi connectivity index (χ1) is 13.3. The Morgan fingerprint density at radius 3 is 2.57 bits per heavy atom. The van der Waals surface area contributed by atoms with Crippen molar-refractivity contribution in [1.29, 1.82) is 0 Å². The molecule has 0 radical (unpaired) electrons. The molecule has 0 fully saturated rings. The van der Waals surface area contributed by atoms with Crippen LogP contribution in [0.25, 0.3) is 11.4 Å². The van der Waals surface area contributed by atoms with E-state index >= 15 is 0 Å². The Balaban J connectivity index is 1.64. The lowest BCUT2D eigenvalue weighted by Gasteiger charge is -2.21. The van der Waals surface area contributed by atoms with E-state index in [1.807, 2.05) is 63.2 Å². The highest BCUT2D eigenvalue weighted by molar-refractivity contribution is 5.80. The van der Waals surface area contributed by atoms with Crippen LogP contribution < -0.4 is 4.74 Å². The Kier molecular flexibility index (Phi) is 5.78. The van der Waals surface area contributed by atoms with Crippen LogP contribution in [0, 0.1) is 20.8 Å². The largest absolute Gasteiger partial charge is 0.481 e. The number of rotatable bonds is 6. The number of hydrogen-bond acceptors (Lipinski definition) is 5. The molecule has 0 aliphatic heterocycles. The van der Waals surface area contributed by atoms with Gasteiger partial charge in [0, 0.05) is 12.6 Å². The number of amides is 1. The third-order valence-corrected chi connectivity index (χ3v) is 4.73. The quantitative estimate of drug-likeness (QED) is 0.645. The van der Waals surface area contributed by atoms with E-state index in [1.165, 1.54) is 4.90 Å². The predicted molar refractivity (Wildman–Crippen MR) is 107 cm³/mol. The Morgan fingerprint density at radius 1 is 1.14 bits per heavy atom. The first kappa shape index (κ1) is 19.6. The average molecular weight is 379 g/mol. The molecule has 0 N–H and O–H groups in total. The second-order valence-corrected chi connectivity index (χ2v) is 7.03. The second kappa shape index (κ2) is 8.25. The van der Waals surface area contributed by atoms with Gasteiger partial charge in [0.05, 0.1) is 6.54 Å². The highest BCUT2D eigenvalue weighted by Crippen LogP contribution is 2.22. The van der Waals surface area contributed by atoms with Crippen LogP contribution >= 0.6 is 0 Å². The van der Waals surface area contributed by atoms with Crippen LogP contribution in [0.2, 0.25) is 0 Å². The maximum Gasteiger partial charge on any atom is 0.263 e. The molecule has 1 atom stereocenters. The van der Waals surface area contributed by atoms with Gasteiger partial charge in [0.15, 0.2) is 6.10 Å². The fraction of sp³-hybridized carbons (Fsp3) is 0.318. The molecule has 0 saturated heterocycles. The molecule has 0 aliphatic rings. The molecule has 2 aromatic carbocycles. The molecule has 1 amide bonds. The predicted octanol–water partition coefficient (Wildman–Crippen LogP) is 4.09. The zero-order valence-corrected chi connectivity index (χ0v) is 16.9. The van der Waals surface area contributed by atoms with Crippen molar-refractivity contribution in [3.05, 3.63) is 65.0 Å². The Hall–Kier alpha value is -3.15. The van der Waals surface area contributed by atoms with Crippen LogP contribution in [-0.2, 0) is 11.3 Å². The summed E-state index contributed by atoms with van der Waals surface area (Å²) < 4.78 is 11.2. The summed E-state index contributed by atoms with van der Waals surface area (Å²) in [4.78, 5) is 18.6. The molecule has 1 heterocycles. The van der Waals surface area contributed by atoms with Crippen molar-refractivity contribution >= 4 is 5.91 Å². The normalized spacial score (nSPS) is 11.9. The topological polar surface area (TPSA) is 68.5 Å². The molecular weight excluding hydrogens is 354 g/mol. The van der Waals surface area contributed by atoms with Gasteiger partial charge < -0.3 is 14.2 Å². The van der Waals surface area contributed by atoms with Gasteiger partial charge in [0.1, 0.15) is 5.75 Å².